The van der Waals surface area contributed by atoms with E-state index in [1.165, 1.54) is 6.20 Å². The van der Waals surface area contributed by atoms with Crippen molar-refractivity contribution in [2.75, 3.05) is 5.32 Å². The van der Waals surface area contributed by atoms with Gasteiger partial charge in [-0.2, -0.15) is 0 Å². The van der Waals surface area contributed by atoms with Crippen molar-refractivity contribution < 1.29 is 19.1 Å². The van der Waals surface area contributed by atoms with Crippen molar-refractivity contribution in [2.45, 2.75) is 19.3 Å². The van der Waals surface area contributed by atoms with Gasteiger partial charge in [-0.1, -0.05) is 72.8 Å². The maximum Gasteiger partial charge on any atom is 0.408 e. The van der Waals surface area contributed by atoms with Crippen molar-refractivity contribution in [1.29, 1.82) is 0 Å². The number of aromatic nitrogens is 1. The third kappa shape index (κ3) is 7.17. The fourth-order valence-corrected chi connectivity index (χ4v) is 3.33. The van der Waals surface area contributed by atoms with Gasteiger partial charge in [-0.05, 0) is 41.0 Å². The third-order valence-electron chi connectivity index (χ3n) is 5.13. The van der Waals surface area contributed by atoms with Crippen LogP contribution in [0.25, 0.3) is 0 Å². The largest absolute Gasteiger partial charge is 0.489 e. The molecule has 4 aromatic rings. The molecule has 35 heavy (non-hydrogen) atoms. The average molecular weight is 468 g/mol. The molecule has 0 saturated carbocycles. The van der Waals surface area contributed by atoms with Crippen molar-refractivity contribution in [3.05, 3.63) is 126 Å². The van der Waals surface area contributed by atoms with Gasteiger partial charge in [-0.25, -0.2) is 4.79 Å². The molecule has 2 amide bonds. The second-order valence-electron chi connectivity index (χ2n) is 7.71. The lowest BCUT2D eigenvalue weighted by molar-refractivity contribution is -0.118. The fourth-order valence-electron chi connectivity index (χ4n) is 3.33. The maximum atomic E-state index is 13.1. The van der Waals surface area contributed by atoms with E-state index in [2.05, 4.69) is 15.6 Å². The molecule has 0 unspecified atom stereocenters. The first-order chi connectivity index (χ1) is 17.2. The Balaban J connectivity index is 1.44. The molecule has 0 spiro atoms. The molecule has 1 atom stereocenters. The van der Waals surface area contributed by atoms with Crippen LogP contribution in [0.2, 0.25) is 0 Å². The van der Waals surface area contributed by atoms with Gasteiger partial charge >= 0.3 is 6.09 Å². The van der Waals surface area contributed by atoms with Crippen LogP contribution in [0.15, 0.2) is 109 Å². The molecule has 0 aliphatic carbocycles. The minimum atomic E-state index is -0.985. The third-order valence-corrected chi connectivity index (χ3v) is 5.13. The molecule has 0 aliphatic heterocycles. The molecule has 4 rings (SSSR count). The number of hydrogen-bond donors (Lipinski definition) is 2. The lowest BCUT2D eigenvalue weighted by atomic mass is 10.1. The lowest BCUT2D eigenvalue weighted by Gasteiger charge is -2.19. The number of nitrogens with zero attached hydrogens (tertiary/aromatic N) is 1. The fraction of sp³-hybridized carbons (Fsp3) is 0.107. The number of anilines is 1. The van der Waals surface area contributed by atoms with E-state index >= 15 is 0 Å². The monoisotopic (exact) mass is 467 g/mol. The Labute approximate surface area is 203 Å². The minimum Gasteiger partial charge on any atom is -0.489 e. The number of carbonyl (C=O) groups is 2. The number of pyridine rings is 1. The Kier molecular flexibility index (Phi) is 8.05. The van der Waals surface area contributed by atoms with Crippen LogP contribution in [0.4, 0.5) is 10.5 Å². The summed E-state index contributed by atoms with van der Waals surface area (Å²) < 4.78 is 11.2. The van der Waals surface area contributed by atoms with Crippen LogP contribution in [0, 0.1) is 0 Å². The van der Waals surface area contributed by atoms with Crippen LogP contribution in [0.5, 0.6) is 5.75 Å². The standard InChI is InChI=1S/C28H25N3O4/c32-27(30-24-12-7-17-29-18-24)26(31-28(33)35-20-22-10-5-2-6-11-22)23-13-15-25(16-14-23)34-19-21-8-3-1-4-9-21/h1-18,26H,19-20H2,(H,30,32)(H,31,33)/t26-/m1/s1. The molecule has 1 heterocycles. The zero-order chi connectivity index (χ0) is 24.3. The number of benzene rings is 3. The van der Waals surface area contributed by atoms with E-state index in [0.717, 1.165) is 11.1 Å². The van der Waals surface area contributed by atoms with Gasteiger partial charge < -0.3 is 20.1 Å². The molecule has 0 bridgehead atoms. The number of carbonyl (C=O) groups excluding carboxylic acids is 2. The first-order valence-electron chi connectivity index (χ1n) is 11.1. The number of hydrogen-bond acceptors (Lipinski definition) is 5. The predicted molar refractivity (Wildman–Crippen MR) is 133 cm³/mol. The van der Waals surface area contributed by atoms with Crippen molar-refractivity contribution in [1.82, 2.24) is 10.3 Å². The molecule has 1 aromatic heterocycles. The molecule has 3 aromatic carbocycles. The van der Waals surface area contributed by atoms with Gasteiger partial charge in [-0.15, -0.1) is 0 Å². The first kappa shape index (κ1) is 23.5. The number of alkyl carbamates (subject to hydrolysis) is 1. The highest BCUT2D eigenvalue weighted by Crippen LogP contribution is 2.21. The second-order valence-corrected chi connectivity index (χ2v) is 7.71. The van der Waals surface area contributed by atoms with Gasteiger partial charge in [0, 0.05) is 6.20 Å². The quantitative estimate of drug-likeness (QED) is 0.350. The van der Waals surface area contributed by atoms with Crippen molar-refractivity contribution in [3.63, 3.8) is 0 Å². The zero-order valence-corrected chi connectivity index (χ0v) is 19.0. The summed E-state index contributed by atoms with van der Waals surface area (Å²) in [6, 6.07) is 28.6. The van der Waals surface area contributed by atoms with Gasteiger partial charge in [0.2, 0.25) is 0 Å². The van der Waals surface area contributed by atoms with Gasteiger partial charge in [0.05, 0.1) is 11.9 Å². The number of rotatable bonds is 9. The van der Waals surface area contributed by atoms with Crippen LogP contribution in [-0.4, -0.2) is 17.0 Å². The van der Waals surface area contributed by atoms with Crippen molar-refractivity contribution in [3.8, 4) is 5.75 Å². The van der Waals surface area contributed by atoms with E-state index in [1.807, 2.05) is 60.7 Å². The van der Waals surface area contributed by atoms with E-state index in [4.69, 9.17) is 9.47 Å². The molecular weight excluding hydrogens is 442 g/mol. The summed E-state index contributed by atoms with van der Waals surface area (Å²) in [6.45, 7) is 0.519. The number of nitrogens with one attached hydrogen (secondary N) is 2. The summed E-state index contributed by atoms with van der Waals surface area (Å²) >= 11 is 0. The van der Waals surface area contributed by atoms with E-state index in [1.54, 1.807) is 42.6 Å². The van der Waals surface area contributed by atoms with Gasteiger partial charge in [0.1, 0.15) is 25.0 Å². The Hall–Kier alpha value is -4.65. The van der Waals surface area contributed by atoms with E-state index < -0.39 is 18.0 Å². The summed E-state index contributed by atoms with van der Waals surface area (Å²) in [5.41, 5.74) is 2.99. The van der Waals surface area contributed by atoms with E-state index in [0.29, 0.717) is 23.6 Å². The average Bonchev–Trinajstić information content (AvgIpc) is 2.91. The van der Waals surface area contributed by atoms with E-state index in [9.17, 15) is 9.59 Å². The van der Waals surface area contributed by atoms with Crippen molar-refractivity contribution >= 4 is 17.7 Å². The Bertz CT molecular complexity index is 1220. The summed E-state index contributed by atoms with van der Waals surface area (Å²) in [5, 5.41) is 5.44. The highest BCUT2D eigenvalue weighted by Gasteiger charge is 2.24. The van der Waals surface area contributed by atoms with E-state index in [-0.39, 0.29) is 6.61 Å². The maximum absolute atomic E-state index is 13.1. The summed E-state index contributed by atoms with van der Waals surface area (Å²) in [5.74, 6) is 0.225. The van der Waals surface area contributed by atoms with Crippen molar-refractivity contribution in [2.24, 2.45) is 0 Å². The van der Waals surface area contributed by atoms with Gasteiger partial charge in [0.25, 0.3) is 5.91 Å². The number of ether oxygens (including phenoxy) is 2. The highest BCUT2D eigenvalue weighted by atomic mass is 16.5. The molecular formula is C28H25N3O4. The highest BCUT2D eigenvalue weighted by molar-refractivity contribution is 5.97. The second kappa shape index (κ2) is 12.0. The van der Waals surface area contributed by atoms with Crippen LogP contribution < -0.4 is 15.4 Å². The molecule has 2 N–H and O–H groups in total. The normalized spacial score (nSPS) is 11.2. The van der Waals surface area contributed by atoms with Crippen LogP contribution in [-0.2, 0) is 22.7 Å². The first-order valence-corrected chi connectivity index (χ1v) is 11.1. The summed E-state index contributed by atoms with van der Waals surface area (Å²) in [6.07, 6.45) is 2.44. The minimum absolute atomic E-state index is 0.0931. The smallest absolute Gasteiger partial charge is 0.408 e. The molecule has 7 nitrogen and oxygen atoms in total. The predicted octanol–water partition coefficient (Wildman–Crippen LogP) is 5.27. The van der Waals surface area contributed by atoms with Gasteiger partial charge in [0.15, 0.2) is 0 Å². The molecule has 0 fully saturated rings. The summed E-state index contributed by atoms with van der Waals surface area (Å²) in [7, 11) is 0. The SMILES string of the molecule is O=C(N[C@@H](C(=O)Nc1cccnc1)c1ccc(OCc2ccccc2)cc1)OCc1ccccc1. The number of amides is 2. The lowest BCUT2D eigenvalue weighted by Crippen LogP contribution is -2.37. The molecule has 0 saturated heterocycles. The Morgan fingerprint density at radius 2 is 1.43 bits per heavy atom. The Morgan fingerprint density at radius 3 is 2.06 bits per heavy atom. The van der Waals surface area contributed by atoms with Crippen LogP contribution >= 0.6 is 0 Å². The Morgan fingerprint density at radius 1 is 0.771 bits per heavy atom. The van der Waals surface area contributed by atoms with Crippen LogP contribution in [0.3, 0.4) is 0 Å². The molecule has 0 aliphatic rings. The summed E-state index contributed by atoms with van der Waals surface area (Å²) in [4.78, 5) is 29.6. The molecule has 0 radical (unpaired) electrons. The molecule has 176 valence electrons. The molecule has 7 heteroatoms. The zero-order valence-electron chi connectivity index (χ0n) is 19.0. The van der Waals surface area contributed by atoms with Crippen LogP contribution in [0.1, 0.15) is 22.7 Å². The van der Waals surface area contributed by atoms with Gasteiger partial charge in [-0.3, -0.25) is 9.78 Å². The topological polar surface area (TPSA) is 89.6 Å².